The summed E-state index contributed by atoms with van der Waals surface area (Å²) in [6.07, 6.45) is 8.06. The van der Waals surface area contributed by atoms with Gasteiger partial charge < -0.3 is 9.47 Å². The van der Waals surface area contributed by atoms with Crippen LogP contribution in [0, 0.1) is 11.8 Å². The fourth-order valence-corrected chi connectivity index (χ4v) is 5.84. The first-order valence-corrected chi connectivity index (χ1v) is 13.6. The molecule has 0 unspecified atom stereocenters. The molecule has 3 aliphatic rings. The standard InChI is InChI=1S/C24H33N3O5S/c1-4-31-21-11-10-17(16-22(21)32-5-2)23-19-8-6-7-9-20(19)24(28)27(25-23)18-12-14-26(15-13-18)33(3,29)30/h6-7,10-11,16,18-20H,4-5,8-9,12-15H2,1-3H3/t19-,20+/m0/s1. The lowest BCUT2D eigenvalue weighted by molar-refractivity contribution is -0.141. The van der Waals surface area contributed by atoms with Crippen LogP contribution in [-0.4, -0.2) is 68.0 Å². The molecule has 33 heavy (non-hydrogen) atoms. The summed E-state index contributed by atoms with van der Waals surface area (Å²) in [7, 11) is -3.23. The molecule has 0 spiro atoms. The van der Waals surface area contributed by atoms with Crippen LogP contribution >= 0.6 is 0 Å². The Labute approximate surface area is 196 Å². The summed E-state index contributed by atoms with van der Waals surface area (Å²) in [5.41, 5.74) is 1.82. The Balaban J connectivity index is 1.67. The number of piperidine rings is 1. The van der Waals surface area contributed by atoms with Crippen LogP contribution in [0.2, 0.25) is 0 Å². The molecule has 8 nitrogen and oxygen atoms in total. The van der Waals surface area contributed by atoms with Crippen LogP contribution in [0.5, 0.6) is 11.5 Å². The normalized spacial score (nSPS) is 24.4. The predicted molar refractivity (Wildman–Crippen MR) is 127 cm³/mol. The van der Waals surface area contributed by atoms with Gasteiger partial charge >= 0.3 is 0 Å². The molecule has 1 aromatic rings. The van der Waals surface area contributed by atoms with Crippen molar-refractivity contribution >= 4 is 21.6 Å². The Hall–Kier alpha value is -2.39. The quantitative estimate of drug-likeness (QED) is 0.566. The lowest BCUT2D eigenvalue weighted by Crippen LogP contribution is -2.52. The van der Waals surface area contributed by atoms with Crippen molar-refractivity contribution in [3.8, 4) is 11.5 Å². The molecule has 0 aromatic heterocycles. The zero-order valence-corrected chi connectivity index (χ0v) is 20.4. The molecule has 180 valence electrons. The number of ether oxygens (including phenoxy) is 2. The first-order chi connectivity index (χ1) is 15.8. The number of carbonyl (C=O) groups is 1. The van der Waals surface area contributed by atoms with Crippen LogP contribution in [0.1, 0.15) is 45.1 Å². The smallest absolute Gasteiger partial charge is 0.247 e. The van der Waals surface area contributed by atoms with E-state index in [1.54, 1.807) is 5.01 Å². The molecule has 1 saturated heterocycles. The maximum Gasteiger partial charge on any atom is 0.247 e. The zero-order valence-electron chi connectivity index (χ0n) is 19.6. The summed E-state index contributed by atoms with van der Waals surface area (Å²) < 4.78 is 36.8. The Morgan fingerprint density at radius 3 is 2.27 bits per heavy atom. The molecule has 0 saturated carbocycles. The van der Waals surface area contributed by atoms with E-state index in [4.69, 9.17) is 14.6 Å². The highest BCUT2D eigenvalue weighted by Crippen LogP contribution is 2.38. The highest BCUT2D eigenvalue weighted by Gasteiger charge is 2.43. The van der Waals surface area contributed by atoms with E-state index in [9.17, 15) is 13.2 Å². The fourth-order valence-electron chi connectivity index (χ4n) is 4.96. The Morgan fingerprint density at radius 1 is 1.00 bits per heavy atom. The van der Waals surface area contributed by atoms with Gasteiger partial charge in [-0.1, -0.05) is 12.2 Å². The molecule has 1 aromatic carbocycles. The molecule has 1 aliphatic carbocycles. The fraction of sp³-hybridized carbons (Fsp3) is 0.583. The van der Waals surface area contributed by atoms with Crippen molar-refractivity contribution in [3.05, 3.63) is 35.9 Å². The largest absolute Gasteiger partial charge is 0.490 e. The average Bonchev–Trinajstić information content (AvgIpc) is 2.81. The second-order valence-corrected chi connectivity index (χ2v) is 10.7. The van der Waals surface area contributed by atoms with Gasteiger partial charge in [0.2, 0.25) is 15.9 Å². The van der Waals surface area contributed by atoms with Gasteiger partial charge in [0.1, 0.15) is 0 Å². The third kappa shape index (κ3) is 4.94. The van der Waals surface area contributed by atoms with Crippen molar-refractivity contribution in [1.29, 1.82) is 0 Å². The summed E-state index contributed by atoms with van der Waals surface area (Å²) in [5.74, 6) is 1.27. The number of allylic oxidation sites excluding steroid dienone is 2. The summed E-state index contributed by atoms with van der Waals surface area (Å²) in [5, 5.41) is 6.55. The third-order valence-electron chi connectivity index (χ3n) is 6.62. The van der Waals surface area contributed by atoms with E-state index in [-0.39, 0.29) is 23.8 Å². The summed E-state index contributed by atoms with van der Waals surface area (Å²) >= 11 is 0. The Morgan fingerprint density at radius 2 is 1.64 bits per heavy atom. The summed E-state index contributed by atoms with van der Waals surface area (Å²) in [4.78, 5) is 13.4. The first kappa shape index (κ1) is 23.8. The monoisotopic (exact) mass is 475 g/mol. The van der Waals surface area contributed by atoms with Crippen molar-refractivity contribution in [2.75, 3.05) is 32.6 Å². The van der Waals surface area contributed by atoms with Crippen LogP contribution in [0.4, 0.5) is 0 Å². The van der Waals surface area contributed by atoms with Gasteiger partial charge in [-0.25, -0.2) is 17.7 Å². The molecule has 2 heterocycles. The van der Waals surface area contributed by atoms with Gasteiger partial charge in [0.15, 0.2) is 11.5 Å². The topological polar surface area (TPSA) is 88.5 Å². The van der Waals surface area contributed by atoms with E-state index >= 15 is 0 Å². The number of benzene rings is 1. The lowest BCUT2D eigenvalue weighted by Gasteiger charge is -2.42. The maximum absolute atomic E-state index is 13.4. The Kier molecular flexibility index (Phi) is 7.09. The molecule has 0 N–H and O–H groups in total. The lowest BCUT2D eigenvalue weighted by atomic mass is 9.76. The number of nitrogens with zero attached hydrogens (tertiary/aromatic N) is 3. The second kappa shape index (κ2) is 9.85. The van der Waals surface area contributed by atoms with E-state index < -0.39 is 10.0 Å². The van der Waals surface area contributed by atoms with Crippen molar-refractivity contribution in [1.82, 2.24) is 9.31 Å². The summed E-state index contributed by atoms with van der Waals surface area (Å²) in [6, 6.07) is 5.75. The molecule has 1 fully saturated rings. The number of carbonyl (C=O) groups excluding carboxylic acids is 1. The van der Waals surface area contributed by atoms with Crippen LogP contribution in [-0.2, 0) is 14.8 Å². The molecule has 9 heteroatoms. The first-order valence-electron chi connectivity index (χ1n) is 11.7. The van der Waals surface area contributed by atoms with Gasteiger partial charge in [-0.3, -0.25) is 4.79 Å². The average molecular weight is 476 g/mol. The maximum atomic E-state index is 13.4. The highest BCUT2D eigenvalue weighted by molar-refractivity contribution is 7.88. The van der Waals surface area contributed by atoms with Crippen molar-refractivity contribution in [2.45, 2.75) is 45.6 Å². The molecule has 1 amide bonds. The van der Waals surface area contributed by atoms with Gasteiger partial charge in [-0.05, 0) is 57.7 Å². The van der Waals surface area contributed by atoms with Crippen LogP contribution < -0.4 is 9.47 Å². The number of rotatable bonds is 7. The molecule has 4 rings (SSSR count). The van der Waals surface area contributed by atoms with Crippen LogP contribution in [0.15, 0.2) is 35.5 Å². The van der Waals surface area contributed by atoms with Crippen LogP contribution in [0.3, 0.4) is 0 Å². The van der Waals surface area contributed by atoms with Gasteiger partial charge in [0.05, 0.1) is 37.1 Å². The van der Waals surface area contributed by atoms with Gasteiger partial charge in [0, 0.05) is 24.6 Å². The van der Waals surface area contributed by atoms with Gasteiger partial charge in [-0.2, -0.15) is 5.10 Å². The minimum absolute atomic E-state index is 0.0160. The van der Waals surface area contributed by atoms with Crippen molar-refractivity contribution in [3.63, 3.8) is 0 Å². The van der Waals surface area contributed by atoms with Crippen LogP contribution in [0.25, 0.3) is 0 Å². The molecular weight excluding hydrogens is 442 g/mol. The van der Waals surface area contributed by atoms with E-state index in [1.165, 1.54) is 10.6 Å². The van der Waals surface area contributed by atoms with Crippen molar-refractivity contribution < 1.29 is 22.7 Å². The van der Waals surface area contributed by atoms with E-state index in [0.717, 1.165) is 17.7 Å². The van der Waals surface area contributed by atoms with Gasteiger partial charge in [-0.15, -0.1) is 0 Å². The number of fused-ring (bicyclic) bond motifs is 1. The molecule has 2 aliphatic heterocycles. The molecular formula is C24H33N3O5S. The minimum atomic E-state index is -3.23. The number of amides is 1. The minimum Gasteiger partial charge on any atom is -0.490 e. The highest BCUT2D eigenvalue weighted by atomic mass is 32.2. The predicted octanol–water partition coefficient (Wildman–Crippen LogP) is 3.04. The SMILES string of the molecule is CCOc1ccc(C2=NN(C3CCN(S(C)(=O)=O)CC3)C(=O)[C@@H]3CC=CC[C@H]23)cc1OCC. The van der Waals surface area contributed by atoms with E-state index in [2.05, 4.69) is 12.2 Å². The number of hydrazone groups is 1. The zero-order chi connectivity index (χ0) is 23.6. The van der Waals surface area contributed by atoms with Gasteiger partial charge in [0.25, 0.3) is 0 Å². The van der Waals surface area contributed by atoms with Crippen molar-refractivity contribution in [2.24, 2.45) is 16.9 Å². The molecule has 0 radical (unpaired) electrons. The third-order valence-corrected chi connectivity index (χ3v) is 7.92. The second-order valence-electron chi connectivity index (χ2n) is 8.74. The van der Waals surface area contributed by atoms with E-state index in [1.807, 2.05) is 32.0 Å². The number of sulfonamides is 1. The summed E-state index contributed by atoms with van der Waals surface area (Å²) in [6.45, 7) is 5.75. The number of hydrogen-bond acceptors (Lipinski definition) is 6. The Bertz CT molecular complexity index is 1040. The molecule has 0 bridgehead atoms. The number of hydrogen-bond donors (Lipinski definition) is 0. The van der Waals surface area contributed by atoms with E-state index in [0.29, 0.717) is 57.1 Å². The molecule has 2 atom stereocenters.